The lowest BCUT2D eigenvalue weighted by atomic mass is 10.2. The minimum atomic E-state index is -0.495. The van der Waals surface area contributed by atoms with Gasteiger partial charge in [0, 0.05) is 38.2 Å². The molecule has 92 valence electrons. The van der Waals surface area contributed by atoms with Crippen molar-refractivity contribution in [1.29, 1.82) is 0 Å². The summed E-state index contributed by atoms with van der Waals surface area (Å²) < 4.78 is 10.0. The van der Waals surface area contributed by atoms with Gasteiger partial charge in [-0.25, -0.2) is 4.79 Å². The number of ether oxygens (including phenoxy) is 2. The number of carbonyl (C=O) groups is 1. The van der Waals surface area contributed by atoms with E-state index in [9.17, 15) is 4.79 Å². The molecule has 0 spiro atoms. The highest BCUT2D eigenvalue weighted by atomic mass is 16.6. The summed E-state index contributed by atoms with van der Waals surface area (Å²) in [6.45, 7) is 2.51. The second kappa shape index (κ2) is 5.70. The quantitative estimate of drug-likeness (QED) is 0.681. The van der Waals surface area contributed by atoms with Crippen molar-refractivity contribution in [3.8, 4) is 0 Å². The molecule has 0 saturated carbocycles. The van der Waals surface area contributed by atoms with Crippen LogP contribution in [0.1, 0.15) is 5.69 Å². The first-order chi connectivity index (χ1) is 8.29. The molecular formula is C11H15N3O3. The molecule has 6 nitrogen and oxygen atoms in total. The van der Waals surface area contributed by atoms with Crippen LogP contribution in [0.4, 0.5) is 0 Å². The number of carbonyl (C=O) groups excluding carboxylic acids is 1. The molecule has 0 amide bonds. The van der Waals surface area contributed by atoms with Gasteiger partial charge >= 0.3 is 5.97 Å². The van der Waals surface area contributed by atoms with Crippen molar-refractivity contribution < 1.29 is 14.3 Å². The first-order valence-corrected chi connectivity index (χ1v) is 5.46. The summed E-state index contributed by atoms with van der Waals surface area (Å²) in [4.78, 5) is 21.7. The Morgan fingerprint density at radius 1 is 1.65 bits per heavy atom. The van der Waals surface area contributed by atoms with Crippen LogP contribution >= 0.6 is 0 Å². The molecule has 1 unspecified atom stereocenters. The van der Waals surface area contributed by atoms with Gasteiger partial charge in [0.25, 0.3) is 0 Å². The van der Waals surface area contributed by atoms with Gasteiger partial charge < -0.3 is 9.47 Å². The van der Waals surface area contributed by atoms with Crippen LogP contribution in [0, 0.1) is 0 Å². The normalized spacial score (nSPS) is 21.1. The predicted molar refractivity (Wildman–Crippen MR) is 59.1 cm³/mol. The van der Waals surface area contributed by atoms with E-state index in [-0.39, 0.29) is 5.97 Å². The molecule has 1 saturated heterocycles. The van der Waals surface area contributed by atoms with Gasteiger partial charge in [-0.2, -0.15) is 0 Å². The highest BCUT2D eigenvalue weighted by Gasteiger charge is 2.27. The van der Waals surface area contributed by atoms with Gasteiger partial charge in [0.1, 0.15) is 0 Å². The largest absolute Gasteiger partial charge is 0.467 e. The van der Waals surface area contributed by atoms with Crippen LogP contribution in [-0.4, -0.2) is 53.7 Å². The highest BCUT2D eigenvalue weighted by molar-refractivity contribution is 5.74. The zero-order chi connectivity index (χ0) is 12.1. The molecule has 1 aromatic rings. The fourth-order valence-corrected chi connectivity index (χ4v) is 1.76. The molecule has 1 atom stereocenters. The molecule has 1 fully saturated rings. The Morgan fingerprint density at radius 2 is 2.53 bits per heavy atom. The van der Waals surface area contributed by atoms with E-state index in [4.69, 9.17) is 4.74 Å². The summed E-state index contributed by atoms with van der Waals surface area (Å²) in [5.74, 6) is -0.325. The summed E-state index contributed by atoms with van der Waals surface area (Å²) in [7, 11) is 1.37. The van der Waals surface area contributed by atoms with E-state index < -0.39 is 6.10 Å². The van der Waals surface area contributed by atoms with E-state index >= 15 is 0 Å². The predicted octanol–water partition coefficient (Wildman–Crippen LogP) is -0.150. The summed E-state index contributed by atoms with van der Waals surface area (Å²) >= 11 is 0. The second-order valence-corrected chi connectivity index (χ2v) is 3.81. The van der Waals surface area contributed by atoms with Crippen molar-refractivity contribution in [1.82, 2.24) is 14.9 Å². The average Bonchev–Trinajstić information content (AvgIpc) is 2.39. The van der Waals surface area contributed by atoms with E-state index in [1.165, 1.54) is 7.11 Å². The number of hydrogen-bond acceptors (Lipinski definition) is 6. The summed E-state index contributed by atoms with van der Waals surface area (Å²) in [5, 5.41) is 0. The van der Waals surface area contributed by atoms with Crippen molar-refractivity contribution in [2.75, 3.05) is 26.8 Å². The maximum Gasteiger partial charge on any atom is 0.336 e. The van der Waals surface area contributed by atoms with Crippen molar-refractivity contribution in [3.63, 3.8) is 0 Å². The number of morpholine rings is 1. The zero-order valence-corrected chi connectivity index (χ0v) is 9.70. The van der Waals surface area contributed by atoms with E-state index in [2.05, 4.69) is 19.6 Å². The van der Waals surface area contributed by atoms with E-state index in [0.717, 1.165) is 12.2 Å². The van der Waals surface area contributed by atoms with Crippen LogP contribution in [0.2, 0.25) is 0 Å². The number of rotatable bonds is 3. The van der Waals surface area contributed by atoms with Gasteiger partial charge in [0.2, 0.25) is 0 Å². The highest BCUT2D eigenvalue weighted by Crippen LogP contribution is 2.09. The Kier molecular flexibility index (Phi) is 4.00. The van der Waals surface area contributed by atoms with Crippen molar-refractivity contribution in [3.05, 3.63) is 24.3 Å². The lowest BCUT2D eigenvalue weighted by Crippen LogP contribution is -2.46. The number of aromatic nitrogens is 2. The van der Waals surface area contributed by atoms with Gasteiger partial charge in [0.05, 0.1) is 19.4 Å². The molecule has 1 aromatic heterocycles. The minimum absolute atomic E-state index is 0.325. The summed E-state index contributed by atoms with van der Waals surface area (Å²) in [6.07, 6.45) is 4.53. The molecule has 0 aliphatic carbocycles. The molecule has 0 bridgehead atoms. The molecule has 0 radical (unpaired) electrons. The number of nitrogens with zero attached hydrogens (tertiary/aromatic N) is 3. The topological polar surface area (TPSA) is 64.5 Å². The third kappa shape index (κ3) is 3.21. The Hall–Kier alpha value is -1.53. The molecular weight excluding hydrogens is 222 g/mol. The maximum atomic E-state index is 11.4. The Labute approximate surface area is 99.6 Å². The van der Waals surface area contributed by atoms with Crippen LogP contribution in [0.3, 0.4) is 0 Å². The first-order valence-electron chi connectivity index (χ1n) is 5.46. The Morgan fingerprint density at radius 3 is 3.24 bits per heavy atom. The monoisotopic (exact) mass is 237 g/mol. The van der Waals surface area contributed by atoms with Gasteiger partial charge in [-0.05, 0) is 0 Å². The maximum absolute atomic E-state index is 11.4. The molecule has 0 N–H and O–H groups in total. The van der Waals surface area contributed by atoms with E-state index in [0.29, 0.717) is 19.7 Å². The van der Waals surface area contributed by atoms with Crippen molar-refractivity contribution in [2.45, 2.75) is 12.6 Å². The van der Waals surface area contributed by atoms with Crippen LogP contribution in [0.25, 0.3) is 0 Å². The van der Waals surface area contributed by atoms with Gasteiger partial charge in [-0.15, -0.1) is 0 Å². The number of hydrogen-bond donors (Lipinski definition) is 0. The van der Waals surface area contributed by atoms with Crippen molar-refractivity contribution >= 4 is 5.97 Å². The molecule has 1 aliphatic heterocycles. The third-order valence-corrected chi connectivity index (χ3v) is 2.62. The lowest BCUT2D eigenvalue weighted by molar-refractivity contribution is -0.160. The standard InChI is InChI=1S/C11H15N3O3/c1-16-11(15)10-8-14(4-5-17-10)7-9-6-12-2-3-13-9/h2-3,6,10H,4-5,7-8H2,1H3. The molecule has 0 aromatic carbocycles. The Bertz CT molecular complexity index is 371. The van der Waals surface area contributed by atoms with Gasteiger partial charge in [-0.1, -0.05) is 0 Å². The van der Waals surface area contributed by atoms with Gasteiger partial charge in [-0.3, -0.25) is 14.9 Å². The number of methoxy groups -OCH3 is 1. The van der Waals surface area contributed by atoms with E-state index in [1.54, 1.807) is 18.6 Å². The smallest absolute Gasteiger partial charge is 0.336 e. The Balaban J connectivity index is 1.92. The average molecular weight is 237 g/mol. The van der Waals surface area contributed by atoms with Crippen LogP contribution < -0.4 is 0 Å². The number of esters is 1. The summed E-state index contributed by atoms with van der Waals surface area (Å²) in [5.41, 5.74) is 0.887. The SMILES string of the molecule is COC(=O)C1CN(Cc2cnccn2)CCO1. The summed E-state index contributed by atoms with van der Waals surface area (Å²) in [6, 6.07) is 0. The van der Waals surface area contributed by atoms with Crippen LogP contribution in [0.5, 0.6) is 0 Å². The fourth-order valence-electron chi connectivity index (χ4n) is 1.76. The van der Waals surface area contributed by atoms with Gasteiger partial charge in [0.15, 0.2) is 6.10 Å². The molecule has 1 aliphatic rings. The van der Waals surface area contributed by atoms with E-state index in [1.807, 2.05) is 0 Å². The second-order valence-electron chi connectivity index (χ2n) is 3.81. The lowest BCUT2D eigenvalue weighted by Gasteiger charge is -2.30. The van der Waals surface area contributed by atoms with Crippen molar-refractivity contribution in [2.24, 2.45) is 0 Å². The molecule has 6 heteroatoms. The minimum Gasteiger partial charge on any atom is -0.467 e. The molecule has 2 heterocycles. The van der Waals surface area contributed by atoms with Crippen LogP contribution in [0.15, 0.2) is 18.6 Å². The van der Waals surface area contributed by atoms with Crippen LogP contribution in [-0.2, 0) is 20.8 Å². The fraction of sp³-hybridized carbons (Fsp3) is 0.545. The zero-order valence-electron chi connectivity index (χ0n) is 9.70. The first kappa shape index (κ1) is 11.9. The molecule has 17 heavy (non-hydrogen) atoms. The molecule has 2 rings (SSSR count). The third-order valence-electron chi connectivity index (χ3n) is 2.62.